The molecule has 1 aromatic carbocycles. The number of carboxylic acid groups (broad SMARTS) is 1. The standard InChI is InChI=1S/C25H30FN3O4/c1-32-18-5-7-23-20(15-18)19(8-10-27-23)22(26)6-4-17-9-13-29(16-21(17)25(30)31)12-2-3-24-28-11-14-33-24/h5,7-8,10-11,14-15,17,21-22H,2-4,6,9,12-13,16H2,1H3,(H,30,31)/t17-,21+,22-/m1/s1. The number of aryl methyl sites for hydroxylation is 1. The van der Waals surface area contributed by atoms with E-state index in [1.165, 1.54) is 0 Å². The lowest BCUT2D eigenvalue weighted by atomic mass is 9.81. The molecule has 0 amide bonds. The zero-order valence-corrected chi connectivity index (χ0v) is 18.8. The van der Waals surface area contributed by atoms with Gasteiger partial charge in [0.15, 0.2) is 5.89 Å². The second kappa shape index (κ2) is 10.7. The number of ether oxygens (including phenoxy) is 1. The number of pyridine rings is 1. The Morgan fingerprint density at radius 1 is 1.33 bits per heavy atom. The monoisotopic (exact) mass is 455 g/mol. The van der Waals surface area contributed by atoms with Crippen LogP contribution in [-0.4, -0.2) is 52.7 Å². The normalized spacial score (nSPS) is 20.1. The van der Waals surface area contributed by atoms with E-state index in [-0.39, 0.29) is 12.3 Å². The zero-order chi connectivity index (χ0) is 23.2. The molecule has 0 saturated carbocycles. The molecule has 1 fully saturated rings. The SMILES string of the molecule is COc1ccc2nccc([C@H](F)CC[C@@H]3CCN(CCCc4ncco4)C[C@@H]3C(=O)O)c2c1. The number of fused-ring (bicyclic) bond motifs is 1. The molecule has 8 heteroatoms. The molecule has 0 unspecified atom stereocenters. The van der Waals surface area contributed by atoms with E-state index in [1.54, 1.807) is 37.9 Å². The zero-order valence-electron chi connectivity index (χ0n) is 18.8. The van der Waals surface area contributed by atoms with Crippen LogP contribution in [0.2, 0.25) is 0 Å². The molecule has 33 heavy (non-hydrogen) atoms. The minimum atomic E-state index is -1.18. The Labute approximate surface area is 192 Å². The Morgan fingerprint density at radius 2 is 2.21 bits per heavy atom. The van der Waals surface area contributed by atoms with Crippen LogP contribution in [-0.2, 0) is 11.2 Å². The maximum Gasteiger partial charge on any atom is 0.308 e. The van der Waals surface area contributed by atoms with Crippen molar-refractivity contribution in [1.82, 2.24) is 14.9 Å². The highest BCUT2D eigenvalue weighted by atomic mass is 19.1. The van der Waals surface area contributed by atoms with Gasteiger partial charge in [-0.15, -0.1) is 0 Å². The molecule has 4 rings (SSSR count). The van der Waals surface area contributed by atoms with Crippen LogP contribution in [0.1, 0.15) is 43.3 Å². The molecule has 0 spiro atoms. The van der Waals surface area contributed by atoms with Crippen LogP contribution in [0.5, 0.6) is 5.75 Å². The fraction of sp³-hybridized carbons (Fsp3) is 0.480. The Morgan fingerprint density at radius 3 is 2.97 bits per heavy atom. The van der Waals surface area contributed by atoms with Gasteiger partial charge in [0.1, 0.15) is 18.2 Å². The summed E-state index contributed by atoms with van der Waals surface area (Å²) in [5, 5.41) is 10.6. The summed E-state index contributed by atoms with van der Waals surface area (Å²) in [6.07, 6.45) is 6.80. The van der Waals surface area contributed by atoms with Gasteiger partial charge in [0.2, 0.25) is 0 Å². The first-order chi connectivity index (χ1) is 16.0. The predicted octanol–water partition coefficient (Wildman–Crippen LogP) is 4.68. The van der Waals surface area contributed by atoms with E-state index in [2.05, 4.69) is 14.9 Å². The van der Waals surface area contributed by atoms with Crippen molar-refractivity contribution < 1.29 is 23.4 Å². The number of piperidine rings is 1. The molecule has 3 heterocycles. The quantitative estimate of drug-likeness (QED) is 0.475. The molecule has 1 aliphatic rings. The number of aliphatic carboxylic acids is 1. The average molecular weight is 456 g/mol. The molecule has 0 bridgehead atoms. The summed E-state index contributed by atoms with van der Waals surface area (Å²) in [7, 11) is 1.58. The number of aromatic nitrogens is 2. The van der Waals surface area contributed by atoms with Crippen molar-refractivity contribution in [1.29, 1.82) is 0 Å². The molecule has 176 valence electrons. The van der Waals surface area contributed by atoms with Crippen molar-refractivity contribution in [2.45, 2.75) is 38.3 Å². The van der Waals surface area contributed by atoms with Crippen LogP contribution >= 0.6 is 0 Å². The van der Waals surface area contributed by atoms with Crippen LogP contribution in [0.3, 0.4) is 0 Å². The van der Waals surface area contributed by atoms with E-state index in [0.717, 1.165) is 43.3 Å². The molecular weight excluding hydrogens is 425 g/mol. The number of carboxylic acids is 1. The van der Waals surface area contributed by atoms with Gasteiger partial charge in [0, 0.05) is 24.5 Å². The van der Waals surface area contributed by atoms with Gasteiger partial charge in [-0.3, -0.25) is 9.78 Å². The van der Waals surface area contributed by atoms with Gasteiger partial charge in [-0.2, -0.15) is 0 Å². The minimum absolute atomic E-state index is 0.0358. The smallest absolute Gasteiger partial charge is 0.308 e. The van der Waals surface area contributed by atoms with Gasteiger partial charge in [-0.25, -0.2) is 9.37 Å². The lowest BCUT2D eigenvalue weighted by Gasteiger charge is -2.36. The number of hydrogen-bond acceptors (Lipinski definition) is 6. The fourth-order valence-electron chi connectivity index (χ4n) is 4.79. The third kappa shape index (κ3) is 5.68. The van der Waals surface area contributed by atoms with Crippen molar-refractivity contribution >= 4 is 16.9 Å². The molecule has 0 radical (unpaired) electrons. The first kappa shape index (κ1) is 23.2. The van der Waals surface area contributed by atoms with Crippen molar-refractivity contribution in [3.8, 4) is 5.75 Å². The molecule has 0 aliphatic carbocycles. The topological polar surface area (TPSA) is 88.7 Å². The van der Waals surface area contributed by atoms with Crippen molar-refractivity contribution in [2.24, 2.45) is 11.8 Å². The van der Waals surface area contributed by atoms with E-state index in [4.69, 9.17) is 9.15 Å². The van der Waals surface area contributed by atoms with E-state index < -0.39 is 18.1 Å². The first-order valence-corrected chi connectivity index (χ1v) is 11.5. The number of benzene rings is 1. The third-order valence-corrected chi connectivity index (χ3v) is 6.62. The molecule has 2 aromatic heterocycles. The molecule has 7 nitrogen and oxygen atoms in total. The molecular formula is C25H30FN3O4. The van der Waals surface area contributed by atoms with Gasteiger partial charge in [0.25, 0.3) is 0 Å². The van der Waals surface area contributed by atoms with E-state index in [1.807, 2.05) is 12.1 Å². The second-order valence-corrected chi connectivity index (χ2v) is 8.65. The number of methoxy groups -OCH3 is 1. The Kier molecular flexibility index (Phi) is 7.54. The number of alkyl halides is 1. The summed E-state index contributed by atoms with van der Waals surface area (Å²) in [6, 6.07) is 7.14. The van der Waals surface area contributed by atoms with Crippen LogP contribution < -0.4 is 4.74 Å². The lowest BCUT2D eigenvalue weighted by Crippen LogP contribution is -2.44. The lowest BCUT2D eigenvalue weighted by molar-refractivity contribution is -0.146. The number of hydrogen-bond donors (Lipinski definition) is 1. The average Bonchev–Trinajstić information content (AvgIpc) is 3.35. The van der Waals surface area contributed by atoms with E-state index >= 15 is 4.39 Å². The highest BCUT2D eigenvalue weighted by molar-refractivity contribution is 5.83. The molecule has 1 aliphatic heterocycles. The number of oxazole rings is 1. The van der Waals surface area contributed by atoms with E-state index in [9.17, 15) is 9.90 Å². The summed E-state index contributed by atoms with van der Waals surface area (Å²) in [5.41, 5.74) is 1.30. The number of rotatable bonds is 10. The van der Waals surface area contributed by atoms with Gasteiger partial charge >= 0.3 is 5.97 Å². The third-order valence-electron chi connectivity index (χ3n) is 6.62. The van der Waals surface area contributed by atoms with Crippen LogP contribution in [0.4, 0.5) is 4.39 Å². The molecule has 3 aromatic rings. The Hall–Kier alpha value is -3.00. The number of nitrogens with zero attached hydrogens (tertiary/aromatic N) is 3. The van der Waals surface area contributed by atoms with Crippen LogP contribution in [0.15, 0.2) is 47.3 Å². The maximum atomic E-state index is 15.3. The summed E-state index contributed by atoms with van der Waals surface area (Å²) in [4.78, 5) is 22.6. The number of carbonyl (C=O) groups is 1. The first-order valence-electron chi connectivity index (χ1n) is 11.5. The predicted molar refractivity (Wildman–Crippen MR) is 122 cm³/mol. The van der Waals surface area contributed by atoms with Crippen molar-refractivity contribution in [3.05, 3.63) is 54.4 Å². The van der Waals surface area contributed by atoms with Crippen LogP contribution in [0, 0.1) is 11.8 Å². The largest absolute Gasteiger partial charge is 0.497 e. The van der Waals surface area contributed by atoms with Gasteiger partial charge in [-0.1, -0.05) is 0 Å². The summed E-state index contributed by atoms with van der Waals surface area (Å²) in [5.74, 6) is 0.0419. The van der Waals surface area contributed by atoms with E-state index in [0.29, 0.717) is 30.2 Å². The number of halogens is 1. The van der Waals surface area contributed by atoms with Gasteiger partial charge in [-0.05, 0) is 74.5 Å². The highest BCUT2D eigenvalue weighted by Gasteiger charge is 2.34. The van der Waals surface area contributed by atoms with Crippen molar-refractivity contribution in [2.75, 3.05) is 26.7 Å². The fourth-order valence-corrected chi connectivity index (χ4v) is 4.79. The summed E-state index contributed by atoms with van der Waals surface area (Å²) < 4.78 is 25.9. The second-order valence-electron chi connectivity index (χ2n) is 8.65. The number of likely N-dealkylation sites (tertiary alicyclic amines) is 1. The molecule has 3 atom stereocenters. The summed E-state index contributed by atoms with van der Waals surface area (Å²) in [6.45, 7) is 2.12. The molecule has 1 N–H and O–H groups in total. The Balaban J connectivity index is 1.34. The Bertz CT molecular complexity index is 1060. The van der Waals surface area contributed by atoms with Crippen molar-refractivity contribution in [3.63, 3.8) is 0 Å². The molecule has 1 saturated heterocycles. The van der Waals surface area contributed by atoms with Gasteiger partial charge < -0.3 is 19.2 Å². The highest BCUT2D eigenvalue weighted by Crippen LogP contribution is 2.35. The van der Waals surface area contributed by atoms with Crippen LogP contribution in [0.25, 0.3) is 10.9 Å². The summed E-state index contributed by atoms with van der Waals surface area (Å²) >= 11 is 0. The maximum absolute atomic E-state index is 15.3. The minimum Gasteiger partial charge on any atom is -0.497 e. The van der Waals surface area contributed by atoms with Gasteiger partial charge in [0.05, 0.1) is 24.7 Å².